The van der Waals surface area contributed by atoms with Crippen LogP contribution in [0.15, 0.2) is 33.4 Å². The zero-order valence-electron chi connectivity index (χ0n) is 12.6. The van der Waals surface area contributed by atoms with Crippen LogP contribution >= 0.6 is 15.9 Å². The van der Waals surface area contributed by atoms with Crippen molar-refractivity contribution in [3.8, 4) is 0 Å². The van der Waals surface area contributed by atoms with Gasteiger partial charge in [0, 0.05) is 23.1 Å². The minimum Gasteiger partial charge on any atom is -0.481 e. The molecule has 2 heterocycles. The molecule has 0 fully saturated rings. The third-order valence-electron chi connectivity index (χ3n) is 4.07. The van der Waals surface area contributed by atoms with Crippen molar-refractivity contribution < 1.29 is 19.1 Å². The predicted molar refractivity (Wildman–Crippen MR) is 87.4 cm³/mol. The second-order valence-electron chi connectivity index (χ2n) is 5.64. The summed E-state index contributed by atoms with van der Waals surface area (Å²) in [6.07, 6.45) is 1.93. The molecule has 2 aromatic rings. The first-order chi connectivity index (χ1) is 11.0. The van der Waals surface area contributed by atoms with Gasteiger partial charge in [-0.2, -0.15) is 0 Å². The lowest BCUT2D eigenvalue weighted by Crippen LogP contribution is -2.36. The van der Waals surface area contributed by atoms with Gasteiger partial charge >= 0.3 is 5.97 Å². The molecule has 0 bridgehead atoms. The lowest BCUT2D eigenvalue weighted by molar-refractivity contribution is -0.136. The molecule has 5 nitrogen and oxygen atoms in total. The first-order valence-electron chi connectivity index (χ1n) is 7.31. The van der Waals surface area contributed by atoms with Gasteiger partial charge in [-0.25, -0.2) is 0 Å². The number of hydrogen-bond acceptors (Lipinski definition) is 3. The lowest BCUT2D eigenvalue weighted by Gasteiger charge is -2.29. The summed E-state index contributed by atoms with van der Waals surface area (Å²) in [4.78, 5) is 25.5. The topological polar surface area (TPSA) is 70.7 Å². The predicted octanol–water partition coefficient (Wildman–Crippen LogP) is 3.18. The van der Waals surface area contributed by atoms with E-state index in [0.717, 1.165) is 16.5 Å². The van der Waals surface area contributed by atoms with Crippen LogP contribution in [0.5, 0.6) is 0 Å². The smallest absolute Gasteiger partial charge is 0.311 e. The van der Waals surface area contributed by atoms with E-state index >= 15 is 0 Å². The molecule has 0 saturated heterocycles. The number of aryl methyl sites for hydroxylation is 1. The van der Waals surface area contributed by atoms with E-state index in [4.69, 9.17) is 9.52 Å². The molecule has 1 aliphatic heterocycles. The Balaban J connectivity index is 1.88. The van der Waals surface area contributed by atoms with Crippen LogP contribution < -0.4 is 0 Å². The number of carbonyl (C=O) groups excluding carboxylic acids is 1. The summed E-state index contributed by atoms with van der Waals surface area (Å²) in [6, 6.07) is 5.97. The number of hydrogen-bond donors (Lipinski definition) is 1. The van der Waals surface area contributed by atoms with Crippen molar-refractivity contribution in [1.29, 1.82) is 0 Å². The van der Waals surface area contributed by atoms with E-state index in [0.29, 0.717) is 24.2 Å². The minimum absolute atomic E-state index is 0.168. The summed E-state index contributed by atoms with van der Waals surface area (Å²) >= 11 is 3.54. The molecule has 1 aromatic heterocycles. The van der Waals surface area contributed by atoms with Gasteiger partial charge in [0.15, 0.2) is 0 Å². The zero-order chi connectivity index (χ0) is 16.6. The summed E-state index contributed by atoms with van der Waals surface area (Å²) in [6.45, 7) is 2.88. The van der Waals surface area contributed by atoms with Crippen LogP contribution in [0.25, 0.3) is 0 Å². The maximum absolute atomic E-state index is 12.8. The normalized spacial score (nSPS) is 13.7. The Morgan fingerprint density at radius 3 is 2.91 bits per heavy atom. The number of furan rings is 1. The van der Waals surface area contributed by atoms with Crippen molar-refractivity contribution in [2.75, 3.05) is 6.54 Å². The Morgan fingerprint density at radius 1 is 1.39 bits per heavy atom. The van der Waals surface area contributed by atoms with Crippen LogP contribution in [-0.2, 0) is 24.2 Å². The van der Waals surface area contributed by atoms with Gasteiger partial charge in [-0.3, -0.25) is 9.59 Å². The molecular formula is C17H16BrNO4. The van der Waals surface area contributed by atoms with E-state index in [1.54, 1.807) is 11.8 Å². The largest absolute Gasteiger partial charge is 0.481 e. The van der Waals surface area contributed by atoms with Crippen LogP contribution in [0.3, 0.4) is 0 Å². The highest BCUT2D eigenvalue weighted by Crippen LogP contribution is 2.28. The molecule has 0 radical (unpaired) electrons. The SMILES string of the molecule is Cc1coc(CC(=O)O)c1C(=O)N1CCc2c(Br)cccc2C1. The van der Waals surface area contributed by atoms with E-state index in [-0.39, 0.29) is 18.1 Å². The molecule has 0 atom stereocenters. The van der Waals surface area contributed by atoms with Crippen molar-refractivity contribution in [3.05, 3.63) is 56.9 Å². The molecule has 1 aliphatic rings. The number of fused-ring (bicyclic) bond motifs is 1. The lowest BCUT2D eigenvalue weighted by atomic mass is 9.98. The van der Waals surface area contributed by atoms with Crippen molar-refractivity contribution in [1.82, 2.24) is 4.90 Å². The molecule has 1 amide bonds. The maximum Gasteiger partial charge on any atom is 0.311 e. The van der Waals surface area contributed by atoms with E-state index < -0.39 is 5.97 Å². The molecule has 1 N–H and O–H groups in total. The van der Waals surface area contributed by atoms with Gasteiger partial charge in [-0.05, 0) is 30.5 Å². The summed E-state index contributed by atoms with van der Waals surface area (Å²) in [7, 11) is 0. The van der Waals surface area contributed by atoms with Crippen LogP contribution in [0.1, 0.15) is 32.8 Å². The Labute approximate surface area is 142 Å². The van der Waals surface area contributed by atoms with Crippen LogP contribution in [0.2, 0.25) is 0 Å². The highest BCUT2D eigenvalue weighted by atomic mass is 79.9. The number of rotatable bonds is 3. The van der Waals surface area contributed by atoms with Crippen molar-refractivity contribution >= 4 is 27.8 Å². The highest BCUT2D eigenvalue weighted by Gasteiger charge is 2.28. The molecule has 0 saturated carbocycles. The quantitative estimate of drug-likeness (QED) is 0.891. The number of carboxylic acids is 1. The van der Waals surface area contributed by atoms with Crippen LogP contribution in [0, 0.1) is 6.92 Å². The zero-order valence-corrected chi connectivity index (χ0v) is 14.2. The van der Waals surface area contributed by atoms with Gasteiger partial charge in [0.2, 0.25) is 0 Å². The number of carboxylic acid groups (broad SMARTS) is 1. The summed E-state index contributed by atoms with van der Waals surface area (Å²) in [5.41, 5.74) is 3.39. The number of carbonyl (C=O) groups is 2. The van der Waals surface area contributed by atoms with Crippen LogP contribution in [0.4, 0.5) is 0 Å². The van der Waals surface area contributed by atoms with Gasteiger partial charge in [-0.1, -0.05) is 28.1 Å². The fourth-order valence-electron chi connectivity index (χ4n) is 2.95. The molecule has 3 rings (SSSR count). The Morgan fingerprint density at radius 2 is 2.17 bits per heavy atom. The van der Waals surface area contributed by atoms with Gasteiger partial charge in [0.25, 0.3) is 5.91 Å². The molecule has 0 spiro atoms. The van der Waals surface area contributed by atoms with E-state index in [2.05, 4.69) is 15.9 Å². The number of halogens is 1. The summed E-state index contributed by atoms with van der Waals surface area (Å²) < 4.78 is 6.33. The van der Waals surface area contributed by atoms with Gasteiger partial charge in [-0.15, -0.1) is 0 Å². The Bertz CT molecular complexity index is 781. The first kappa shape index (κ1) is 15.8. The fourth-order valence-corrected chi connectivity index (χ4v) is 3.55. The van der Waals surface area contributed by atoms with E-state index in [1.165, 1.54) is 11.8 Å². The second kappa shape index (κ2) is 6.20. The Kier molecular flexibility index (Phi) is 4.26. The van der Waals surface area contributed by atoms with Crippen LogP contribution in [-0.4, -0.2) is 28.4 Å². The number of aliphatic carboxylic acids is 1. The molecule has 120 valence electrons. The number of amides is 1. The minimum atomic E-state index is -1.01. The first-order valence-corrected chi connectivity index (χ1v) is 8.11. The monoisotopic (exact) mass is 377 g/mol. The number of nitrogens with zero attached hydrogens (tertiary/aromatic N) is 1. The molecule has 23 heavy (non-hydrogen) atoms. The summed E-state index contributed by atoms with van der Waals surface area (Å²) in [5.74, 6) is -0.959. The average molecular weight is 378 g/mol. The molecule has 0 unspecified atom stereocenters. The molecule has 6 heteroatoms. The third kappa shape index (κ3) is 3.03. The number of benzene rings is 1. The van der Waals surface area contributed by atoms with Crippen molar-refractivity contribution in [3.63, 3.8) is 0 Å². The fraction of sp³-hybridized carbons (Fsp3) is 0.294. The van der Waals surface area contributed by atoms with E-state index in [1.807, 2.05) is 18.2 Å². The average Bonchev–Trinajstić information content (AvgIpc) is 2.86. The standard InChI is InChI=1S/C17H16BrNO4/c1-10-9-23-14(7-15(20)21)16(10)17(22)19-6-5-12-11(8-19)3-2-4-13(12)18/h2-4,9H,5-8H2,1H3,(H,20,21). The maximum atomic E-state index is 12.8. The van der Waals surface area contributed by atoms with Gasteiger partial charge in [0.1, 0.15) is 12.2 Å². The van der Waals surface area contributed by atoms with E-state index in [9.17, 15) is 9.59 Å². The third-order valence-corrected chi connectivity index (χ3v) is 4.82. The van der Waals surface area contributed by atoms with Gasteiger partial charge < -0.3 is 14.4 Å². The Hall–Kier alpha value is -2.08. The second-order valence-corrected chi connectivity index (χ2v) is 6.50. The molecule has 0 aliphatic carbocycles. The van der Waals surface area contributed by atoms with Crippen molar-refractivity contribution in [2.45, 2.75) is 26.3 Å². The summed E-state index contributed by atoms with van der Waals surface area (Å²) in [5, 5.41) is 8.96. The molecule has 1 aromatic carbocycles. The molecular weight excluding hydrogens is 362 g/mol. The van der Waals surface area contributed by atoms with Gasteiger partial charge in [0.05, 0.1) is 11.8 Å². The highest BCUT2D eigenvalue weighted by molar-refractivity contribution is 9.10. The van der Waals surface area contributed by atoms with Crippen molar-refractivity contribution in [2.24, 2.45) is 0 Å².